The minimum atomic E-state index is -0.900. The van der Waals surface area contributed by atoms with Crippen LogP contribution >= 0.6 is 0 Å². The van der Waals surface area contributed by atoms with Crippen LogP contribution in [0.25, 0.3) is 39.5 Å². The molecule has 3 heterocycles. The van der Waals surface area contributed by atoms with Gasteiger partial charge in [0, 0.05) is 13.2 Å². The molecule has 5 aromatic rings. The van der Waals surface area contributed by atoms with Crippen LogP contribution in [0.5, 0.6) is 0 Å². The molecule has 1 atom stereocenters. The topological polar surface area (TPSA) is 111 Å². The number of nitrogens with zero attached hydrogens (tertiary/aromatic N) is 6. The molecule has 3 aromatic heterocycles. The Bertz CT molecular complexity index is 1720. The summed E-state index contributed by atoms with van der Waals surface area (Å²) < 4.78 is 54.9. The molecule has 35 heavy (non-hydrogen) atoms. The Labute approximate surface area is 194 Å². The van der Waals surface area contributed by atoms with Crippen LogP contribution in [0.1, 0.15) is 18.5 Å². The second kappa shape index (κ2) is 8.37. The highest BCUT2D eigenvalue weighted by Crippen LogP contribution is 2.29. The van der Waals surface area contributed by atoms with Crippen LogP contribution in [0.15, 0.2) is 46.0 Å². The lowest BCUT2D eigenvalue weighted by atomic mass is 10.1. The summed E-state index contributed by atoms with van der Waals surface area (Å²) in [4.78, 5) is 22.1. The van der Waals surface area contributed by atoms with Gasteiger partial charge >= 0.3 is 0 Å². The minimum Gasteiger partial charge on any atom is -0.383 e. The van der Waals surface area contributed by atoms with Crippen molar-refractivity contribution in [1.29, 1.82) is 5.26 Å². The summed E-state index contributed by atoms with van der Waals surface area (Å²) in [5.74, 6) is -2.79. The lowest BCUT2D eigenvalue weighted by molar-refractivity contribution is 0.162. The summed E-state index contributed by atoms with van der Waals surface area (Å²) in [7, 11) is 1.45. The van der Waals surface area contributed by atoms with Gasteiger partial charge in [0.25, 0.3) is 11.4 Å². The number of hydrogen-bond donors (Lipinski definition) is 0. The Kier molecular flexibility index (Phi) is 5.33. The molecule has 0 saturated heterocycles. The zero-order valence-corrected chi connectivity index (χ0v) is 18.3. The molecule has 0 bridgehead atoms. The van der Waals surface area contributed by atoms with Crippen molar-refractivity contribution in [1.82, 2.24) is 24.1 Å². The van der Waals surface area contributed by atoms with Gasteiger partial charge in [-0.25, -0.2) is 18.2 Å². The molecule has 2 aromatic carbocycles. The summed E-state index contributed by atoms with van der Waals surface area (Å²) in [6.45, 7) is 1.79. The third kappa shape index (κ3) is 3.44. The van der Waals surface area contributed by atoms with Gasteiger partial charge < -0.3 is 9.26 Å². The van der Waals surface area contributed by atoms with Crippen LogP contribution in [0.2, 0.25) is 0 Å². The van der Waals surface area contributed by atoms with Crippen molar-refractivity contribution >= 4 is 16.6 Å². The number of aromatic nitrogens is 5. The Hall–Kier alpha value is -4.50. The highest BCUT2D eigenvalue weighted by molar-refractivity contribution is 5.87. The lowest BCUT2D eigenvalue weighted by Crippen LogP contribution is -2.28. The van der Waals surface area contributed by atoms with Crippen molar-refractivity contribution in [3.05, 3.63) is 70.0 Å². The first-order valence-corrected chi connectivity index (χ1v) is 10.3. The number of nitriles is 1. The molecule has 0 radical (unpaired) electrons. The summed E-state index contributed by atoms with van der Waals surface area (Å²) in [5.41, 5.74) is -0.546. The van der Waals surface area contributed by atoms with Gasteiger partial charge in [-0.1, -0.05) is 5.16 Å². The van der Waals surface area contributed by atoms with E-state index in [0.29, 0.717) is 11.6 Å². The Morgan fingerprint density at radius 1 is 1.17 bits per heavy atom. The average Bonchev–Trinajstić information content (AvgIpc) is 3.47. The summed E-state index contributed by atoms with van der Waals surface area (Å²) in [6, 6.07) is 6.67. The molecule has 176 valence electrons. The van der Waals surface area contributed by atoms with E-state index in [4.69, 9.17) is 9.26 Å². The first-order valence-electron chi connectivity index (χ1n) is 10.3. The van der Waals surface area contributed by atoms with E-state index in [9.17, 15) is 23.2 Å². The minimum absolute atomic E-state index is 0.0237. The molecular weight excluding hydrogens is 465 g/mol. The van der Waals surface area contributed by atoms with Crippen LogP contribution in [-0.4, -0.2) is 37.8 Å². The number of rotatable bonds is 5. The van der Waals surface area contributed by atoms with E-state index in [0.717, 1.165) is 18.2 Å². The molecule has 0 aliphatic rings. The standard InChI is InChI=1S/C23H15F3N6O3/c1-11(9-34-2)32-19-14(8-27)15(25)5-6-17(19)31-10-28-18(20(31)23(32)33)21-29-22(35-30-21)13-4-3-12(24)7-16(13)26/h3-7,10-11H,9H2,1-2H3. The van der Waals surface area contributed by atoms with Gasteiger partial charge in [0.1, 0.15) is 46.6 Å². The van der Waals surface area contributed by atoms with Crippen molar-refractivity contribution in [3.63, 3.8) is 0 Å². The van der Waals surface area contributed by atoms with E-state index in [2.05, 4.69) is 15.1 Å². The van der Waals surface area contributed by atoms with Crippen LogP contribution in [0.3, 0.4) is 0 Å². The van der Waals surface area contributed by atoms with Gasteiger partial charge in [0.15, 0.2) is 0 Å². The summed E-state index contributed by atoms with van der Waals surface area (Å²) in [5, 5.41) is 13.4. The van der Waals surface area contributed by atoms with E-state index >= 15 is 0 Å². The Morgan fingerprint density at radius 2 is 1.97 bits per heavy atom. The Balaban J connectivity index is 1.80. The van der Waals surface area contributed by atoms with Gasteiger partial charge in [0.2, 0.25) is 5.82 Å². The molecule has 12 heteroatoms. The largest absolute Gasteiger partial charge is 0.383 e. The maximum absolute atomic E-state index is 14.5. The molecule has 9 nitrogen and oxygen atoms in total. The summed E-state index contributed by atoms with van der Waals surface area (Å²) >= 11 is 0. The van der Waals surface area contributed by atoms with Gasteiger partial charge in [-0.3, -0.25) is 13.8 Å². The number of fused-ring (bicyclic) bond motifs is 3. The number of halogens is 3. The fourth-order valence-electron chi connectivity index (χ4n) is 4.04. The third-order valence-corrected chi connectivity index (χ3v) is 5.55. The fourth-order valence-corrected chi connectivity index (χ4v) is 4.04. The number of ether oxygens (including phenoxy) is 1. The maximum Gasteiger partial charge on any atom is 0.278 e. The van der Waals surface area contributed by atoms with E-state index in [1.54, 1.807) is 6.92 Å². The van der Waals surface area contributed by atoms with Crippen molar-refractivity contribution in [2.24, 2.45) is 0 Å². The molecule has 0 fully saturated rings. The zero-order valence-electron chi connectivity index (χ0n) is 18.3. The third-order valence-electron chi connectivity index (χ3n) is 5.55. The quantitative estimate of drug-likeness (QED) is 0.376. The molecule has 0 aliphatic heterocycles. The van der Waals surface area contributed by atoms with Crippen LogP contribution < -0.4 is 5.56 Å². The van der Waals surface area contributed by atoms with Crippen molar-refractivity contribution in [2.75, 3.05) is 13.7 Å². The van der Waals surface area contributed by atoms with Crippen LogP contribution in [0, 0.1) is 28.8 Å². The average molecular weight is 480 g/mol. The second-order valence-corrected chi connectivity index (χ2v) is 7.74. The Morgan fingerprint density at radius 3 is 2.69 bits per heavy atom. The van der Waals surface area contributed by atoms with Gasteiger partial charge in [-0.15, -0.1) is 0 Å². The van der Waals surface area contributed by atoms with Gasteiger partial charge in [-0.05, 0) is 31.2 Å². The first-order chi connectivity index (χ1) is 16.8. The van der Waals surface area contributed by atoms with Gasteiger partial charge in [0.05, 0.1) is 29.2 Å². The van der Waals surface area contributed by atoms with Gasteiger partial charge in [-0.2, -0.15) is 10.2 Å². The predicted molar refractivity (Wildman–Crippen MR) is 117 cm³/mol. The molecule has 0 N–H and O–H groups in total. The van der Waals surface area contributed by atoms with Crippen molar-refractivity contribution in [2.45, 2.75) is 13.0 Å². The lowest BCUT2D eigenvalue weighted by Gasteiger charge is -2.19. The number of imidazole rings is 1. The zero-order chi connectivity index (χ0) is 24.9. The van der Waals surface area contributed by atoms with E-state index in [1.165, 1.54) is 28.5 Å². The monoisotopic (exact) mass is 480 g/mol. The number of benzene rings is 2. The number of hydrogen-bond acceptors (Lipinski definition) is 7. The summed E-state index contributed by atoms with van der Waals surface area (Å²) in [6.07, 6.45) is 1.31. The highest BCUT2D eigenvalue weighted by atomic mass is 19.1. The molecule has 5 rings (SSSR count). The van der Waals surface area contributed by atoms with Crippen LogP contribution in [0.4, 0.5) is 13.2 Å². The van der Waals surface area contributed by atoms with E-state index in [-0.39, 0.29) is 46.2 Å². The predicted octanol–water partition coefficient (Wildman–Crippen LogP) is 3.86. The molecule has 0 spiro atoms. The first kappa shape index (κ1) is 22.3. The van der Waals surface area contributed by atoms with Crippen LogP contribution in [-0.2, 0) is 4.74 Å². The molecule has 0 saturated carbocycles. The van der Waals surface area contributed by atoms with Crippen molar-refractivity contribution in [3.8, 4) is 29.0 Å². The second-order valence-electron chi connectivity index (χ2n) is 7.74. The normalized spacial score (nSPS) is 12.3. The SMILES string of the molecule is COCC(C)n1c(=O)c2c(-c3noc(-c4ccc(F)cc4F)n3)ncn2c2ccc(F)c(C#N)c21. The molecule has 0 amide bonds. The fraction of sp³-hybridized carbons (Fsp3) is 0.174. The molecular formula is C23H15F3N6O3. The maximum atomic E-state index is 14.5. The number of methoxy groups -OCH3 is 1. The molecule has 1 unspecified atom stereocenters. The van der Waals surface area contributed by atoms with Crippen molar-refractivity contribution < 1.29 is 22.4 Å². The molecule has 0 aliphatic carbocycles. The van der Waals surface area contributed by atoms with E-state index < -0.39 is 29.1 Å². The smallest absolute Gasteiger partial charge is 0.278 e. The highest BCUT2D eigenvalue weighted by Gasteiger charge is 2.25. The van der Waals surface area contributed by atoms with E-state index in [1.807, 2.05) is 6.07 Å².